The predicted octanol–water partition coefficient (Wildman–Crippen LogP) is 6.01. The van der Waals surface area contributed by atoms with Gasteiger partial charge in [-0.15, -0.1) is 0 Å². The molecular formula is C26H24F3N3O3. The molecule has 3 amide bonds. The van der Waals surface area contributed by atoms with Crippen molar-refractivity contribution in [2.75, 3.05) is 23.8 Å². The number of benzene rings is 3. The smallest absolute Gasteiger partial charge is 0.416 e. The molecule has 0 spiro atoms. The Hall–Kier alpha value is -4.01. The minimum absolute atomic E-state index is 0.215. The van der Waals surface area contributed by atoms with Gasteiger partial charge in [-0.2, -0.15) is 13.2 Å². The number of carbonyl (C=O) groups excluding carboxylic acids is 2. The van der Waals surface area contributed by atoms with E-state index in [4.69, 9.17) is 4.74 Å². The number of nitrogens with zero attached hydrogens (tertiary/aromatic N) is 1. The van der Waals surface area contributed by atoms with Crippen LogP contribution in [-0.4, -0.2) is 25.5 Å². The molecule has 0 atom stereocenters. The lowest BCUT2D eigenvalue weighted by atomic mass is 10.0. The van der Waals surface area contributed by atoms with Gasteiger partial charge in [0.1, 0.15) is 11.5 Å². The van der Waals surface area contributed by atoms with Crippen LogP contribution in [0.4, 0.5) is 29.3 Å². The highest BCUT2D eigenvalue weighted by Gasteiger charge is 2.33. The quantitative estimate of drug-likeness (QED) is 0.467. The summed E-state index contributed by atoms with van der Waals surface area (Å²) in [5.41, 5.74) is 1.97. The van der Waals surface area contributed by atoms with Gasteiger partial charge in [0.25, 0.3) is 5.91 Å². The summed E-state index contributed by atoms with van der Waals surface area (Å²) in [6.07, 6.45) is -3.32. The molecule has 3 aromatic carbocycles. The van der Waals surface area contributed by atoms with E-state index in [0.717, 1.165) is 17.7 Å². The summed E-state index contributed by atoms with van der Waals surface area (Å²) in [5, 5.41) is 5.34. The number of halogens is 3. The molecule has 182 valence electrons. The zero-order valence-electron chi connectivity index (χ0n) is 19.2. The minimum atomic E-state index is -4.49. The highest BCUT2D eigenvalue weighted by atomic mass is 19.4. The van der Waals surface area contributed by atoms with Gasteiger partial charge in [0, 0.05) is 36.6 Å². The maximum Gasteiger partial charge on any atom is 0.416 e. The van der Waals surface area contributed by atoms with Crippen LogP contribution in [0, 0.1) is 0 Å². The number of aryl methyl sites for hydroxylation is 1. The predicted molar refractivity (Wildman–Crippen MR) is 127 cm³/mol. The van der Waals surface area contributed by atoms with E-state index in [0.29, 0.717) is 41.2 Å². The lowest BCUT2D eigenvalue weighted by molar-refractivity contribution is -0.137. The first-order valence-corrected chi connectivity index (χ1v) is 11.1. The van der Waals surface area contributed by atoms with Gasteiger partial charge in [-0.1, -0.05) is 25.1 Å². The molecule has 0 aliphatic carbocycles. The molecule has 6 nitrogen and oxygen atoms in total. The standard InChI is InChI=1S/C26H24F3N3O3/c1-3-16-8-10-21(15-22(16)24(33)30-2)35-20-6-4-5-19(14-20)31-25(34)32-12-11-17-7-9-18(13-23(17)32)26(27,28)29/h4-10,13-15H,3,11-12H2,1-2H3,(H,30,33)(H,31,34). The van der Waals surface area contributed by atoms with Crippen molar-refractivity contribution in [2.24, 2.45) is 0 Å². The Bertz CT molecular complexity index is 1270. The number of nitrogens with one attached hydrogen (secondary N) is 2. The molecule has 2 N–H and O–H groups in total. The van der Waals surface area contributed by atoms with E-state index < -0.39 is 17.8 Å². The monoisotopic (exact) mass is 483 g/mol. The van der Waals surface area contributed by atoms with Crippen molar-refractivity contribution in [1.82, 2.24) is 5.32 Å². The summed E-state index contributed by atoms with van der Waals surface area (Å²) < 4.78 is 45.3. The molecule has 35 heavy (non-hydrogen) atoms. The second kappa shape index (κ2) is 9.69. The average Bonchev–Trinajstić information content (AvgIpc) is 3.27. The Balaban J connectivity index is 1.51. The molecule has 0 radical (unpaired) electrons. The minimum Gasteiger partial charge on any atom is -0.457 e. The molecule has 0 saturated heterocycles. The largest absolute Gasteiger partial charge is 0.457 e. The van der Waals surface area contributed by atoms with Crippen molar-refractivity contribution in [2.45, 2.75) is 25.9 Å². The van der Waals surface area contributed by atoms with Crippen LogP contribution >= 0.6 is 0 Å². The third-order valence-electron chi connectivity index (χ3n) is 5.81. The van der Waals surface area contributed by atoms with E-state index in [1.165, 1.54) is 11.0 Å². The van der Waals surface area contributed by atoms with Crippen LogP contribution < -0.4 is 20.3 Å². The number of carbonyl (C=O) groups is 2. The molecular weight excluding hydrogens is 459 g/mol. The van der Waals surface area contributed by atoms with Crippen molar-refractivity contribution in [3.63, 3.8) is 0 Å². The van der Waals surface area contributed by atoms with E-state index >= 15 is 0 Å². The second-order valence-corrected chi connectivity index (χ2v) is 8.05. The van der Waals surface area contributed by atoms with Crippen LogP contribution in [0.1, 0.15) is 34.0 Å². The lowest BCUT2D eigenvalue weighted by Crippen LogP contribution is -2.33. The molecule has 0 saturated carbocycles. The van der Waals surface area contributed by atoms with Gasteiger partial charge in [-0.05, 0) is 60.4 Å². The SMILES string of the molecule is CCc1ccc(Oc2cccc(NC(=O)N3CCc4ccc(C(F)(F)F)cc43)c2)cc1C(=O)NC. The summed E-state index contributed by atoms with van der Waals surface area (Å²) in [6, 6.07) is 14.8. The fourth-order valence-corrected chi connectivity index (χ4v) is 4.00. The van der Waals surface area contributed by atoms with Gasteiger partial charge >= 0.3 is 12.2 Å². The maximum absolute atomic E-state index is 13.1. The second-order valence-electron chi connectivity index (χ2n) is 8.05. The molecule has 0 bridgehead atoms. The molecule has 1 heterocycles. The first-order valence-electron chi connectivity index (χ1n) is 11.1. The van der Waals surface area contributed by atoms with Crippen LogP contribution in [0.25, 0.3) is 0 Å². The van der Waals surface area contributed by atoms with Crippen molar-refractivity contribution in [3.8, 4) is 11.5 Å². The van der Waals surface area contributed by atoms with Gasteiger partial charge in [-0.25, -0.2) is 4.79 Å². The Labute approximate surface area is 200 Å². The molecule has 1 aliphatic rings. The van der Waals surface area contributed by atoms with E-state index in [-0.39, 0.29) is 18.1 Å². The van der Waals surface area contributed by atoms with Gasteiger partial charge < -0.3 is 15.4 Å². The van der Waals surface area contributed by atoms with Gasteiger partial charge in [0.2, 0.25) is 0 Å². The summed E-state index contributed by atoms with van der Waals surface area (Å²) in [6.45, 7) is 2.24. The maximum atomic E-state index is 13.1. The van der Waals surface area contributed by atoms with Crippen molar-refractivity contribution < 1.29 is 27.5 Å². The molecule has 9 heteroatoms. The van der Waals surface area contributed by atoms with Crippen LogP contribution in [0.15, 0.2) is 60.7 Å². The number of urea groups is 1. The summed E-state index contributed by atoms with van der Waals surface area (Å²) in [5.74, 6) is 0.668. The van der Waals surface area contributed by atoms with E-state index in [9.17, 15) is 22.8 Å². The third kappa shape index (κ3) is 5.24. The fraction of sp³-hybridized carbons (Fsp3) is 0.231. The van der Waals surface area contributed by atoms with Crippen LogP contribution in [0.3, 0.4) is 0 Å². The molecule has 1 aliphatic heterocycles. The van der Waals surface area contributed by atoms with Crippen molar-refractivity contribution in [3.05, 3.63) is 82.9 Å². The van der Waals surface area contributed by atoms with Crippen LogP contribution in [-0.2, 0) is 19.0 Å². The fourth-order valence-electron chi connectivity index (χ4n) is 4.00. The Morgan fingerprint density at radius 3 is 2.51 bits per heavy atom. The van der Waals surface area contributed by atoms with Crippen molar-refractivity contribution >= 4 is 23.3 Å². The zero-order valence-corrected chi connectivity index (χ0v) is 19.2. The lowest BCUT2D eigenvalue weighted by Gasteiger charge is -2.19. The first-order chi connectivity index (χ1) is 16.7. The van der Waals surface area contributed by atoms with Crippen LogP contribution in [0.5, 0.6) is 11.5 Å². The first kappa shape index (κ1) is 24.1. The number of anilines is 2. The van der Waals surface area contributed by atoms with Gasteiger partial charge in [0.15, 0.2) is 0 Å². The molecule has 4 rings (SSSR count). The number of amides is 3. The number of rotatable bonds is 5. The van der Waals surface area contributed by atoms with Crippen molar-refractivity contribution in [1.29, 1.82) is 0 Å². The Morgan fingerprint density at radius 2 is 1.80 bits per heavy atom. The number of ether oxygens (including phenoxy) is 1. The van der Waals surface area contributed by atoms with E-state index in [1.54, 1.807) is 43.4 Å². The molecule has 3 aromatic rings. The summed E-state index contributed by atoms with van der Waals surface area (Å²) in [7, 11) is 1.56. The van der Waals surface area contributed by atoms with E-state index in [2.05, 4.69) is 10.6 Å². The molecule has 0 fully saturated rings. The Morgan fingerprint density at radius 1 is 1.03 bits per heavy atom. The average molecular weight is 483 g/mol. The van der Waals surface area contributed by atoms with Gasteiger partial charge in [-0.3, -0.25) is 9.69 Å². The van der Waals surface area contributed by atoms with Gasteiger partial charge in [0.05, 0.1) is 5.56 Å². The number of alkyl halides is 3. The third-order valence-corrected chi connectivity index (χ3v) is 5.81. The summed E-state index contributed by atoms with van der Waals surface area (Å²) in [4.78, 5) is 26.4. The number of fused-ring (bicyclic) bond motifs is 1. The zero-order chi connectivity index (χ0) is 25.2. The normalized spacial score (nSPS) is 12.8. The molecule has 0 aromatic heterocycles. The number of hydrogen-bond donors (Lipinski definition) is 2. The Kier molecular flexibility index (Phi) is 6.68. The highest BCUT2D eigenvalue weighted by molar-refractivity contribution is 6.03. The molecule has 0 unspecified atom stereocenters. The topological polar surface area (TPSA) is 70.7 Å². The highest BCUT2D eigenvalue weighted by Crippen LogP contribution is 2.36. The van der Waals surface area contributed by atoms with Crippen LogP contribution in [0.2, 0.25) is 0 Å². The van der Waals surface area contributed by atoms with E-state index in [1.807, 2.05) is 13.0 Å². The number of hydrogen-bond acceptors (Lipinski definition) is 3. The summed E-state index contributed by atoms with van der Waals surface area (Å²) >= 11 is 0.